The molecule has 2 bridgehead atoms. The Morgan fingerprint density at radius 2 is 2.14 bits per heavy atom. The third kappa shape index (κ3) is 3.03. The zero-order chi connectivity index (χ0) is 19.3. The van der Waals surface area contributed by atoms with Crippen molar-refractivity contribution in [2.75, 3.05) is 24.5 Å². The molecular weight excluding hydrogens is 374 g/mol. The summed E-state index contributed by atoms with van der Waals surface area (Å²) in [6.07, 6.45) is 4.16. The smallest absolute Gasteiger partial charge is 0.251 e. The van der Waals surface area contributed by atoms with Crippen LogP contribution in [0.2, 0.25) is 0 Å². The number of amides is 1. The monoisotopic (exact) mass is 399 g/mol. The standard InChI is InChI=1S/C20H25N5O2S/c1-12-22-23-20(28-12)24-10-14-8-15(11-24)17(9-21-19(27)13-4-2-5-13)25-16(14)6-3-7-18(25)26/h3,6-7,13-15,17H,2,4-5,8-11H2,1H3,(H,21,27)/t14-,15+,17+/m1/s1. The van der Waals surface area contributed by atoms with Gasteiger partial charge in [-0.05, 0) is 38.2 Å². The van der Waals surface area contributed by atoms with Gasteiger partial charge in [0.05, 0.1) is 6.04 Å². The van der Waals surface area contributed by atoms with Crippen LogP contribution in [0.1, 0.15) is 48.3 Å². The van der Waals surface area contributed by atoms with Gasteiger partial charge in [0.1, 0.15) is 5.01 Å². The van der Waals surface area contributed by atoms with Crippen molar-refractivity contribution in [2.45, 2.75) is 44.6 Å². The number of piperidine rings is 1. The van der Waals surface area contributed by atoms with Gasteiger partial charge >= 0.3 is 0 Å². The molecule has 0 unspecified atom stereocenters. The Hall–Kier alpha value is -2.22. The molecule has 1 N–H and O–H groups in total. The Balaban J connectivity index is 1.44. The Morgan fingerprint density at radius 3 is 2.86 bits per heavy atom. The van der Waals surface area contributed by atoms with Crippen molar-refractivity contribution in [1.29, 1.82) is 0 Å². The lowest BCUT2D eigenvalue weighted by atomic mass is 9.78. The number of aryl methyl sites for hydroxylation is 1. The number of carbonyl (C=O) groups is 1. The highest BCUT2D eigenvalue weighted by Crippen LogP contribution is 2.42. The van der Waals surface area contributed by atoms with Crippen LogP contribution in [0, 0.1) is 18.8 Å². The van der Waals surface area contributed by atoms with Crippen LogP contribution in [-0.2, 0) is 4.79 Å². The van der Waals surface area contributed by atoms with Crippen LogP contribution in [0.4, 0.5) is 5.13 Å². The fraction of sp³-hybridized carbons (Fsp3) is 0.600. The summed E-state index contributed by atoms with van der Waals surface area (Å²) in [4.78, 5) is 27.4. The number of rotatable bonds is 4. The first-order valence-corrected chi connectivity index (χ1v) is 11.0. The second kappa shape index (κ2) is 6.99. The molecule has 3 aliphatic rings. The maximum absolute atomic E-state index is 12.7. The molecule has 0 radical (unpaired) electrons. The normalized spacial score (nSPS) is 26.5. The number of nitrogens with zero attached hydrogens (tertiary/aromatic N) is 4. The zero-order valence-corrected chi connectivity index (χ0v) is 16.8. The Bertz CT molecular complexity index is 950. The van der Waals surface area contributed by atoms with Crippen molar-refractivity contribution >= 4 is 22.4 Å². The van der Waals surface area contributed by atoms with Gasteiger partial charge in [0, 0.05) is 43.2 Å². The summed E-state index contributed by atoms with van der Waals surface area (Å²) in [7, 11) is 0. The van der Waals surface area contributed by atoms with E-state index < -0.39 is 0 Å². The highest BCUT2D eigenvalue weighted by molar-refractivity contribution is 7.15. The molecule has 1 saturated carbocycles. The molecule has 2 aromatic rings. The van der Waals surface area contributed by atoms with Gasteiger partial charge in [0.15, 0.2) is 0 Å². The molecule has 1 aliphatic carbocycles. The van der Waals surface area contributed by atoms with Crippen molar-refractivity contribution in [3.05, 3.63) is 39.3 Å². The third-order valence-corrected chi connectivity index (χ3v) is 7.45. The van der Waals surface area contributed by atoms with Gasteiger partial charge in [-0.15, -0.1) is 10.2 Å². The summed E-state index contributed by atoms with van der Waals surface area (Å²) >= 11 is 1.62. The van der Waals surface area contributed by atoms with E-state index in [1.54, 1.807) is 17.4 Å². The third-order valence-electron chi connectivity index (χ3n) is 6.55. The van der Waals surface area contributed by atoms with E-state index in [1.807, 2.05) is 17.6 Å². The lowest BCUT2D eigenvalue weighted by Gasteiger charge is -2.47. The molecule has 2 aromatic heterocycles. The maximum Gasteiger partial charge on any atom is 0.251 e. The average molecular weight is 400 g/mol. The summed E-state index contributed by atoms with van der Waals surface area (Å²) < 4.78 is 1.95. The van der Waals surface area contributed by atoms with E-state index in [0.717, 1.165) is 54.6 Å². The predicted octanol–water partition coefficient (Wildman–Crippen LogP) is 2.09. The quantitative estimate of drug-likeness (QED) is 0.852. The first-order chi connectivity index (χ1) is 13.6. The van der Waals surface area contributed by atoms with Gasteiger partial charge in [-0.25, -0.2) is 0 Å². The van der Waals surface area contributed by atoms with Crippen molar-refractivity contribution < 1.29 is 4.79 Å². The van der Waals surface area contributed by atoms with Crippen LogP contribution in [0.15, 0.2) is 23.0 Å². The van der Waals surface area contributed by atoms with Gasteiger partial charge in [-0.1, -0.05) is 23.8 Å². The van der Waals surface area contributed by atoms with Crippen molar-refractivity contribution in [1.82, 2.24) is 20.1 Å². The van der Waals surface area contributed by atoms with E-state index in [-0.39, 0.29) is 23.4 Å². The van der Waals surface area contributed by atoms with E-state index in [9.17, 15) is 9.59 Å². The lowest BCUT2D eigenvalue weighted by molar-refractivity contribution is -0.127. The van der Waals surface area contributed by atoms with Crippen LogP contribution >= 0.6 is 11.3 Å². The molecule has 148 valence electrons. The molecule has 0 spiro atoms. The Kier molecular flexibility index (Phi) is 4.45. The molecular formula is C20H25N5O2S. The molecule has 5 rings (SSSR count). The van der Waals surface area contributed by atoms with E-state index in [4.69, 9.17) is 0 Å². The molecule has 3 atom stereocenters. The van der Waals surface area contributed by atoms with Gasteiger partial charge in [-0.2, -0.15) is 0 Å². The second-order valence-electron chi connectivity index (χ2n) is 8.30. The largest absolute Gasteiger partial charge is 0.354 e. The average Bonchev–Trinajstić information content (AvgIpc) is 3.07. The predicted molar refractivity (Wildman–Crippen MR) is 108 cm³/mol. The number of carbonyl (C=O) groups excluding carboxylic acids is 1. The highest BCUT2D eigenvalue weighted by Gasteiger charge is 2.41. The number of anilines is 1. The summed E-state index contributed by atoms with van der Waals surface area (Å²) in [5.41, 5.74) is 1.12. The number of hydrogen-bond donors (Lipinski definition) is 1. The first-order valence-electron chi connectivity index (χ1n) is 10.1. The number of hydrogen-bond acceptors (Lipinski definition) is 6. The van der Waals surface area contributed by atoms with Crippen LogP contribution in [0.5, 0.6) is 0 Å². The minimum atomic E-state index is -0.0132. The van der Waals surface area contributed by atoms with Crippen LogP contribution in [0.3, 0.4) is 0 Å². The molecule has 0 aromatic carbocycles. The van der Waals surface area contributed by atoms with E-state index >= 15 is 0 Å². The van der Waals surface area contributed by atoms with E-state index in [1.165, 1.54) is 0 Å². The summed E-state index contributed by atoms with van der Waals surface area (Å²) in [5, 5.41) is 13.6. The Morgan fingerprint density at radius 1 is 1.29 bits per heavy atom. The van der Waals surface area contributed by atoms with Crippen molar-refractivity contribution in [3.8, 4) is 0 Å². The number of fused-ring (bicyclic) bond motifs is 4. The fourth-order valence-electron chi connectivity index (χ4n) is 4.89. The second-order valence-corrected chi connectivity index (χ2v) is 9.46. The van der Waals surface area contributed by atoms with Crippen LogP contribution < -0.4 is 15.8 Å². The molecule has 28 heavy (non-hydrogen) atoms. The molecule has 2 fully saturated rings. The van der Waals surface area contributed by atoms with E-state index in [2.05, 4.69) is 26.5 Å². The SMILES string of the molecule is Cc1nnc(N2C[C@H]3C[C@@H](C2)[C@H](CNC(=O)C2CCC2)n2c3cccc2=O)s1. The molecule has 7 nitrogen and oxygen atoms in total. The number of aromatic nitrogens is 3. The van der Waals surface area contributed by atoms with Gasteiger partial charge < -0.3 is 14.8 Å². The first kappa shape index (κ1) is 17.8. The van der Waals surface area contributed by atoms with Crippen LogP contribution in [-0.4, -0.2) is 40.3 Å². The minimum Gasteiger partial charge on any atom is -0.354 e. The molecule has 2 aliphatic heterocycles. The van der Waals surface area contributed by atoms with Gasteiger partial charge in [0.2, 0.25) is 11.0 Å². The fourth-order valence-corrected chi connectivity index (χ4v) is 5.60. The zero-order valence-electron chi connectivity index (χ0n) is 16.0. The maximum atomic E-state index is 12.7. The van der Waals surface area contributed by atoms with Crippen molar-refractivity contribution in [2.24, 2.45) is 11.8 Å². The number of pyridine rings is 1. The van der Waals surface area contributed by atoms with E-state index in [0.29, 0.717) is 18.4 Å². The van der Waals surface area contributed by atoms with Gasteiger partial charge in [-0.3, -0.25) is 9.59 Å². The molecule has 8 heteroatoms. The minimum absolute atomic E-state index is 0.0132. The topological polar surface area (TPSA) is 80.1 Å². The Labute approximate surface area is 167 Å². The molecule has 4 heterocycles. The molecule has 1 saturated heterocycles. The highest BCUT2D eigenvalue weighted by atomic mass is 32.1. The lowest BCUT2D eigenvalue weighted by Crippen LogP contribution is -2.52. The summed E-state index contributed by atoms with van der Waals surface area (Å²) in [6.45, 7) is 4.19. The van der Waals surface area contributed by atoms with Crippen molar-refractivity contribution in [3.63, 3.8) is 0 Å². The molecule has 1 amide bonds. The van der Waals surface area contributed by atoms with Crippen LogP contribution in [0.25, 0.3) is 0 Å². The summed E-state index contributed by atoms with van der Waals surface area (Å²) in [6, 6.07) is 5.54. The van der Waals surface area contributed by atoms with Gasteiger partial charge in [0.25, 0.3) is 5.56 Å². The summed E-state index contributed by atoms with van der Waals surface area (Å²) in [5.74, 6) is 0.912. The number of nitrogens with one attached hydrogen (secondary N) is 1.